The Morgan fingerprint density at radius 3 is 2.37 bits per heavy atom. The maximum Gasteiger partial charge on any atom is 0.223 e. The highest BCUT2D eigenvalue weighted by molar-refractivity contribution is 5.79. The van der Waals surface area contributed by atoms with Gasteiger partial charge in [-0.15, -0.1) is 0 Å². The van der Waals surface area contributed by atoms with E-state index in [2.05, 4.69) is 12.2 Å². The average molecular weight is 268 g/mol. The van der Waals surface area contributed by atoms with Gasteiger partial charge in [0, 0.05) is 17.5 Å². The minimum absolute atomic E-state index is 0.0302. The molecule has 1 amide bonds. The summed E-state index contributed by atoms with van der Waals surface area (Å²) in [5, 5.41) is 3.12. The highest BCUT2D eigenvalue weighted by Crippen LogP contribution is 2.32. The van der Waals surface area contributed by atoms with Crippen molar-refractivity contribution in [3.05, 3.63) is 0 Å². The summed E-state index contributed by atoms with van der Waals surface area (Å²) in [4.78, 5) is 12.3. The molecule has 1 rings (SSSR count). The second kappa shape index (κ2) is 7.28. The smallest absolute Gasteiger partial charge is 0.223 e. The van der Waals surface area contributed by atoms with Crippen molar-refractivity contribution in [2.24, 2.45) is 17.6 Å². The molecule has 0 heterocycles. The molecule has 1 fully saturated rings. The maximum absolute atomic E-state index is 12.3. The molecule has 3 nitrogen and oxygen atoms in total. The van der Waals surface area contributed by atoms with E-state index in [0.717, 1.165) is 18.8 Å². The first-order valence-corrected chi connectivity index (χ1v) is 7.94. The van der Waals surface area contributed by atoms with Gasteiger partial charge in [0.1, 0.15) is 0 Å². The van der Waals surface area contributed by atoms with Gasteiger partial charge in [-0.05, 0) is 52.4 Å². The summed E-state index contributed by atoms with van der Waals surface area (Å²) >= 11 is 0. The molecule has 1 aliphatic carbocycles. The molecule has 1 unspecified atom stereocenters. The number of rotatable bonds is 6. The summed E-state index contributed by atoms with van der Waals surface area (Å²) in [6.07, 6.45) is 8.50. The van der Waals surface area contributed by atoms with Crippen LogP contribution >= 0.6 is 0 Å². The Morgan fingerprint density at radius 1 is 1.32 bits per heavy atom. The zero-order valence-electron chi connectivity index (χ0n) is 13.2. The van der Waals surface area contributed by atoms with Crippen molar-refractivity contribution >= 4 is 5.91 Å². The number of hydrogen-bond donors (Lipinski definition) is 2. The fourth-order valence-electron chi connectivity index (χ4n) is 2.74. The molecule has 0 aromatic rings. The largest absolute Gasteiger partial charge is 0.349 e. The molecular weight excluding hydrogens is 236 g/mol. The second-order valence-corrected chi connectivity index (χ2v) is 6.86. The number of hydrogen-bond acceptors (Lipinski definition) is 2. The van der Waals surface area contributed by atoms with Crippen LogP contribution in [0, 0.1) is 11.8 Å². The fraction of sp³-hybridized carbons (Fsp3) is 0.938. The van der Waals surface area contributed by atoms with E-state index in [1.807, 2.05) is 20.8 Å². The normalized spacial score (nSPS) is 25.9. The third kappa shape index (κ3) is 5.13. The fourth-order valence-corrected chi connectivity index (χ4v) is 2.74. The number of nitrogens with two attached hydrogens (primary N) is 1. The van der Waals surface area contributed by atoms with Crippen LogP contribution in [-0.4, -0.2) is 17.5 Å². The molecule has 1 aliphatic rings. The summed E-state index contributed by atoms with van der Waals surface area (Å²) in [5.41, 5.74) is 5.60. The van der Waals surface area contributed by atoms with Gasteiger partial charge < -0.3 is 11.1 Å². The van der Waals surface area contributed by atoms with Gasteiger partial charge in [-0.25, -0.2) is 0 Å². The molecule has 0 aliphatic heterocycles. The van der Waals surface area contributed by atoms with E-state index in [1.54, 1.807) is 0 Å². The van der Waals surface area contributed by atoms with Crippen molar-refractivity contribution in [3.8, 4) is 0 Å². The Morgan fingerprint density at radius 2 is 1.89 bits per heavy atom. The predicted octanol–water partition coefficient (Wildman–Crippen LogP) is 3.23. The van der Waals surface area contributed by atoms with Gasteiger partial charge in [0.25, 0.3) is 0 Å². The number of amides is 1. The minimum Gasteiger partial charge on any atom is -0.349 e. The first-order chi connectivity index (χ1) is 8.86. The van der Waals surface area contributed by atoms with E-state index >= 15 is 0 Å². The maximum atomic E-state index is 12.3. The molecule has 19 heavy (non-hydrogen) atoms. The van der Waals surface area contributed by atoms with Crippen molar-refractivity contribution < 1.29 is 4.79 Å². The Balaban J connectivity index is 2.37. The standard InChI is InChI=1S/C16H32N2O/c1-5-6-7-13-8-10-14(11-9-13)15(19)18-16(3,4)12(2)17/h12-14H,5-11,17H2,1-4H3,(H,18,19). The molecule has 3 heteroatoms. The van der Waals surface area contributed by atoms with Crippen LogP contribution in [-0.2, 0) is 4.79 Å². The van der Waals surface area contributed by atoms with E-state index < -0.39 is 0 Å². The van der Waals surface area contributed by atoms with Crippen LogP contribution in [0.15, 0.2) is 0 Å². The molecule has 0 spiro atoms. The van der Waals surface area contributed by atoms with Gasteiger partial charge in [0.15, 0.2) is 0 Å². The number of carbonyl (C=O) groups is 1. The van der Waals surface area contributed by atoms with Gasteiger partial charge in [-0.2, -0.15) is 0 Å². The Labute approximate surface area is 118 Å². The highest BCUT2D eigenvalue weighted by Gasteiger charge is 2.31. The first kappa shape index (κ1) is 16.5. The predicted molar refractivity (Wildman–Crippen MR) is 80.8 cm³/mol. The van der Waals surface area contributed by atoms with E-state index in [0.29, 0.717) is 0 Å². The van der Waals surface area contributed by atoms with E-state index in [9.17, 15) is 4.79 Å². The summed E-state index contributed by atoms with van der Waals surface area (Å²) in [7, 11) is 0. The highest BCUT2D eigenvalue weighted by atomic mass is 16.2. The van der Waals surface area contributed by atoms with Crippen LogP contribution in [0.3, 0.4) is 0 Å². The molecule has 0 saturated heterocycles. The Hall–Kier alpha value is -0.570. The van der Waals surface area contributed by atoms with E-state index in [-0.39, 0.29) is 23.4 Å². The third-order valence-corrected chi connectivity index (χ3v) is 4.77. The van der Waals surface area contributed by atoms with Crippen LogP contribution < -0.4 is 11.1 Å². The lowest BCUT2D eigenvalue weighted by atomic mass is 9.79. The van der Waals surface area contributed by atoms with Gasteiger partial charge in [-0.1, -0.05) is 26.2 Å². The zero-order chi connectivity index (χ0) is 14.5. The summed E-state index contributed by atoms with van der Waals surface area (Å²) < 4.78 is 0. The van der Waals surface area contributed by atoms with Gasteiger partial charge in [0.05, 0.1) is 0 Å². The van der Waals surface area contributed by atoms with Crippen LogP contribution in [0.5, 0.6) is 0 Å². The van der Waals surface area contributed by atoms with Crippen molar-refractivity contribution in [2.75, 3.05) is 0 Å². The zero-order valence-corrected chi connectivity index (χ0v) is 13.2. The van der Waals surface area contributed by atoms with Gasteiger partial charge in [0.2, 0.25) is 5.91 Å². The molecular formula is C16H32N2O. The molecule has 0 aromatic carbocycles. The monoisotopic (exact) mass is 268 g/mol. The van der Waals surface area contributed by atoms with E-state index in [4.69, 9.17) is 5.73 Å². The average Bonchev–Trinajstić information content (AvgIpc) is 2.36. The third-order valence-electron chi connectivity index (χ3n) is 4.77. The molecule has 112 valence electrons. The minimum atomic E-state index is -0.309. The molecule has 0 aromatic heterocycles. The summed E-state index contributed by atoms with van der Waals surface area (Å²) in [5.74, 6) is 1.26. The quantitative estimate of drug-likeness (QED) is 0.777. The Kier molecular flexibility index (Phi) is 6.31. The Bertz CT molecular complexity index is 278. The topological polar surface area (TPSA) is 55.1 Å². The molecule has 0 radical (unpaired) electrons. The lowest BCUT2D eigenvalue weighted by molar-refractivity contribution is -0.128. The van der Waals surface area contributed by atoms with Crippen LogP contribution in [0.1, 0.15) is 72.6 Å². The second-order valence-electron chi connectivity index (χ2n) is 6.86. The van der Waals surface area contributed by atoms with Crippen molar-refractivity contribution in [2.45, 2.75) is 84.2 Å². The SMILES string of the molecule is CCCCC1CCC(C(=O)NC(C)(C)C(C)N)CC1. The number of unbranched alkanes of at least 4 members (excludes halogenated alkanes) is 1. The van der Waals surface area contributed by atoms with Crippen molar-refractivity contribution in [3.63, 3.8) is 0 Å². The summed E-state index contributed by atoms with van der Waals surface area (Å²) in [6.45, 7) is 8.20. The van der Waals surface area contributed by atoms with Crippen molar-refractivity contribution in [1.29, 1.82) is 0 Å². The van der Waals surface area contributed by atoms with Crippen LogP contribution in [0.2, 0.25) is 0 Å². The lowest BCUT2D eigenvalue weighted by Crippen LogP contribution is -2.56. The van der Waals surface area contributed by atoms with Crippen LogP contribution in [0.25, 0.3) is 0 Å². The summed E-state index contributed by atoms with van der Waals surface area (Å²) in [6, 6.07) is -0.0302. The molecule has 0 bridgehead atoms. The van der Waals surface area contributed by atoms with Crippen molar-refractivity contribution in [1.82, 2.24) is 5.32 Å². The number of carbonyl (C=O) groups excluding carboxylic acids is 1. The van der Waals surface area contributed by atoms with Gasteiger partial charge in [-0.3, -0.25) is 4.79 Å². The van der Waals surface area contributed by atoms with E-state index in [1.165, 1.54) is 32.1 Å². The molecule has 3 N–H and O–H groups in total. The van der Waals surface area contributed by atoms with Crippen LogP contribution in [0.4, 0.5) is 0 Å². The lowest BCUT2D eigenvalue weighted by Gasteiger charge is -2.34. The number of nitrogens with one attached hydrogen (secondary N) is 1. The van der Waals surface area contributed by atoms with Gasteiger partial charge >= 0.3 is 0 Å². The first-order valence-electron chi connectivity index (χ1n) is 7.94. The molecule has 1 saturated carbocycles. The molecule has 1 atom stereocenters.